The Morgan fingerprint density at radius 1 is 0.958 bits per heavy atom. The largest absolute Gasteiger partial charge is 0.342 e. The molecule has 0 spiro atoms. The molecule has 6 nitrogen and oxygen atoms in total. The predicted molar refractivity (Wildman–Crippen MR) is 91.2 cm³/mol. The van der Waals surface area contributed by atoms with Crippen molar-refractivity contribution in [3.63, 3.8) is 0 Å². The van der Waals surface area contributed by atoms with E-state index in [0.717, 1.165) is 11.0 Å². The number of aromatic amines is 1. The topological polar surface area (TPSA) is 86.9 Å². The summed E-state index contributed by atoms with van der Waals surface area (Å²) in [6.45, 7) is 0. The van der Waals surface area contributed by atoms with Gasteiger partial charge in [0.15, 0.2) is 0 Å². The standard InChI is InChI=1S/C17H15ClN4O2/c18-12-6-2-1-5-11(12)9-16(23)21-22-17(24)10-15-19-13-7-3-4-8-14(13)20-15/h1-8H,9-10H2,(H,19,20)(H,21,23)(H,22,24). The average molecular weight is 343 g/mol. The molecule has 0 saturated heterocycles. The van der Waals surface area contributed by atoms with Gasteiger partial charge in [-0.1, -0.05) is 41.9 Å². The molecular formula is C17H15ClN4O2. The fourth-order valence-electron chi connectivity index (χ4n) is 2.28. The van der Waals surface area contributed by atoms with Crippen molar-refractivity contribution in [1.29, 1.82) is 0 Å². The number of amides is 2. The molecule has 3 N–H and O–H groups in total. The second-order valence-corrected chi connectivity index (χ2v) is 5.65. The van der Waals surface area contributed by atoms with Crippen LogP contribution < -0.4 is 10.9 Å². The summed E-state index contributed by atoms with van der Waals surface area (Å²) in [7, 11) is 0. The van der Waals surface area contributed by atoms with E-state index in [1.807, 2.05) is 24.3 Å². The number of halogens is 1. The summed E-state index contributed by atoms with van der Waals surface area (Å²) in [5, 5.41) is 0.515. The number of H-pyrrole nitrogens is 1. The number of benzene rings is 2. The van der Waals surface area contributed by atoms with E-state index in [1.165, 1.54) is 0 Å². The van der Waals surface area contributed by atoms with E-state index in [-0.39, 0.29) is 24.7 Å². The van der Waals surface area contributed by atoms with Crippen molar-refractivity contribution >= 4 is 34.4 Å². The van der Waals surface area contributed by atoms with Crippen molar-refractivity contribution in [2.45, 2.75) is 12.8 Å². The molecule has 3 rings (SSSR count). The molecule has 0 radical (unpaired) electrons. The fourth-order valence-corrected chi connectivity index (χ4v) is 2.49. The van der Waals surface area contributed by atoms with E-state index in [2.05, 4.69) is 20.8 Å². The smallest absolute Gasteiger partial charge is 0.245 e. The zero-order chi connectivity index (χ0) is 16.9. The minimum atomic E-state index is -0.360. The summed E-state index contributed by atoms with van der Waals surface area (Å²) in [4.78, 5) is 31.1. The van der Waals surface area contributed by atoms with Gasteiger partial charge in [0.25, 0.3) is 0 Å². The monoisotopic (exact) mass is 342 g/mol. The maximum atomic E-state index is 11.9. The van der Waals surface area contributed by atoms with Gasteiger partial charge in [-0.25, -0.2) is 4.98 Å². The number of carbonyl (C=O) groups excluding carboxylic acids is 2. The maximum absolute atomic E-state index is 11.9. The lowest BCUT2D eigenvalue weighted by atomic mass is 10.1. The number of aromatic nitrogens is 2. The van der Waals surface area contributed by atoms with Crippen molar-refractivity contribution in [3.05, 3.63) is 64.9 Å². The van der Waals surface area contributed by atoms with E-state index in [1.54, 1.807) is 24.3 Å². The normalized spacial score (nSPS) is 10.5. The van der Waals surface area contributed by atoms with E-state index >= 15 is 0 Å². The minimum absolute atomic E-state index is 0.0427. The van der Waals surface area contributed by atoms with Gasteiger partial charge in [0.2, 0.25) is 11.8 Å². The molecule has 2 amide bonds. The van der Waals surface area contributed by atoms with Crippen LogP contribution in [0.25, 0.3) is 11.0 Å². The highest BCUT2D eigenvalue weighted by Gasteiger charge is 2.10. The molecule has 0 aliphatic carbocycles. The zero-order valence-corrected chi connectivity index (χ0v) is 13.4. The molecule has 2 aromatic carbocycles. The summed E-state index contributed by atoms with van der Waals surface area (Å²) in [5.41, 5.74) is 7.10. The number of fused-ring (bicyclic) bond motifs is 1. The highest BCUT2D eigenvalue weighted by Crippen LogP contribution is 2.15. The number of carbonyl (C=O) groups is 2. The van der Waals surface area contributed by atoms with Gasteiger partial charge in [-0.15, -0.1) is 0 Å². The van der Waals surface area contributed by atoms with Gasteiger partial charge in [0.05, 0.1) is 23.9 Å². The Bertz CT molecular complexity index is 858. The van der Waals surface area contributed by atoms with Gasteiger partial charge in [0.1, 0.15) is 5.82 Å². The number of nitrogens with zero attached hydrogens (tertiary/aromatic N) is 1. The number of imidazole rings is 1. The van der Waals surface area contributed by atoms with E-state index < -0.39 is 0 Å². The highest BCUT2D eigenvalue weighted by atomic mass is 35.5. The summed E-state index contributed by atoms with van der Waals surface area (Å²) >= 11 is 6.00. The number of para-hydroxylation sites is 2. The summed E-state index contributed by atoms with van der Waals surface area (Å²) in [6, 6.07) is 14.6. The first-order valence-corrected chi connectivity index (χ1v) is 7.74. The molecule has 0 bridgehead atoms. The second-order valence-electron chi connectivity index (χ2n) is 5.24. The summed E-state index contributed by atoms with van der Waals surface area (Å²) in [6.07, 6.45) is 0.131. The van der Waals surface area contributed by atoms with Crippen LogP contribution in [-0.4, -0.2) is 21.8 Å². The van der Waals surface area contributed by atoms with Gasteiger partial charge in [-0.3, -0.25) is 20.4 Å². The molecular weight excluding hydrogens is 328 g/mol. The third kappa shape index (κ3) is 3.91. The Morgan fingerprint density at radius 2 is 1.62 bits per heavy atom. The van der Waals surface area contributed by atoms with Gasteiger partial charge >= 0.3 is 0 Å². The van der Waals surface area contributed by atoms with Crippen LogP contribution in [0.1, 0.15) is 11.4 Å². The molecule has 0 aliphatic rings. The average Bonchev–Trinajstić information content (AvgIpc) is 2.97. The molecule has 0 unspecified atom stereocenters. The SMILES string of the molecule is O=C(Cc1nc2ccccc2[nH]1)NNC(=O)Cc1ccccc1Cl. The molecule has 0 saturated carbocycles. The first kappa shape index (κ1) is 16.0. The number of hydrogen-bond donors (Lipinski definition) is 3. The number of rotatable bonds is 4. The Balaban J connectivity index is 1.52. The summed E-state index contributed by atoms with van der Waals surface area (Å²) in [5.74, 6) is -0.170. The molecule has 3 aromatic rings. The molecule has 24 heavy (non-hydrogen) atoms. The Hall–Kier alpha value is -2.86. The molecule has 0 atom stereocenters. The molecule has 1 heterocycles. The van der Waals surface area contributed by atoms with Crippen LogP contribution in [0.2, 0.25) is 5.02 Å². The Morgan fingerprint density at radius 3 is 2.38 bits per heavy atom. The maximum Gasteiger partial charge on any atom is 0.245 e. The molecule has 122 valence electrons. The molecule has 0 fully saturated rings. The van der Waals surface area contributed by atoms with E-state index in [4.69, 9.17) is 11.6 Å². The van der Waals surface area contributed by atoms with Gasteiger partial charge in [-0.05, 0) is 23.8 Å². The van der Waals surface area contributed by atoms with Crippen molar-refractivity contribution in [2.75, 3.05) is 0 Å². The Labute approximate surface area is 143 Å². The predicted octanol–water partition coefficient (Wildman–Crippen LogP) is 2.15. The Kier molecular flexibility index (Phi) is 4.77. The van der Waals surface area contributed by atoms with E-state index in [9.17, 15) is 9.59 Å². The third-order valence-corrected chi connectivity index (χ3v) is 3.79. The lowest BCUT2D eigenvalue weighted by molar-refractivity contribution is -0.128. The first-order chi connectivity index (χ1) is 11.6. The lowest BCUT2D eigenvalue weighted by Crippen LogP contribution is -2.43. The third-order valence-electron chi connectivity index (χ3n) is 3.42. The quantitative estimate of drug-likeness (QED) is 0.635. The lowest BCUT2D eigenvalue weighted by Gasteiger charge is -2.07. The first-order valence-electron chi connectivity index (χ1n) is 7.36. The molecule has 1 aromatic heterocycles. The van der Waals surface area contributed by atoms with E-state index in [0.29, 0.717) is 16.4 Å². The molecule has 0 aliphatic heterocycles. The van der Waals surface area contributed by atoms with Crippen molar-refractivity contribution in [2.24, 2.45) is 0 Å². The fraction of sp³-hybridized carbons (Fsp3) is 0.118. The van der Waals surface area contributed by atoms with Crippen LogP contribution in [0.5, 0.6) is 0 Å². The van der Waals surface area contributed by atoms with Gasteiger partial charge in [-0.2, -0.15) is 0 Å². The number of hydrazine groups is 1. The van der Waals surface area contributed by atoms with Crippen LogP contribution in [0.4, 0.5) is 0 Å². The number of nitrogens with one attached hydrogen (secondary N) is 3. The second kappa shape index (κ2) is 7.14. The highest BCUT2D eigenvalue weighted by molar-refractivity contribution is 6.31. The van der Waals surface area contributed by atoms with Crippen LogP contribution in [0, 0.1) is 0 Å². The van der Waals surface area contributed by atoms with Crippen molar-refractivity contribution < 1.29 is 9.59 Å². The van der Waals surface area contributed by atoms with Crippen LogP contribution in [0.3, 0.4) is 0 Å². The number of hydrogen-bond acceptors (Lipinski definition) is 3. The van der Waals surface area contributed by atoms with Crippen molar-refractivity contribution in [1.82, 2.24) is 20.8 Å². The van der Waals surface area contributed by atoms with Gasteiger partial charge in [0, 0.05) is 5.02 Å². The van der Waals surface area contributed by atoms with Crippen LogP contribution in [-0.2, 0) is 22.4 Å². The zero-order valence-electron chi connectivity index (χ0n) is 12.7. The van der Waals surface area contributed by atoms with Crippen molar-refractivity contribution in [3.8, 4) is 0 Å². The summed E-state index contributed by atoms with van der Waals surface area (Å²) < 4.78 is 0. The van der Waals surface area contributed by atoms with Gasteiger partial charge < -0.3 is 4.98 Å². The van der Waals surface area contributed by atoms with Crippen LogP contribution in [0.15, 0.2) is 48.5 Å². The van der Waals surface area contributed by atoms with Crippen LogP contribution >= 0.6 is 11.6 Å². The minimum Gasteiger partial charge on any atom is -0.342 e. The molecule has 7 heteroatoms.